The van der Waals surface area contributed by atoms with E-state index in [1.165, 1.54) is 7.11 Å². The van der Waals surface area contributed by atoms with Gasteiger partial charge in [-0.15, -0.1) is 0 Å². The number of nitrogens with zero attached hydrogens (tertiary/aromatic N) is 2. The van der Waals surface area contributed by atoms with E-state index in [2.05, 4.69) is 0 Å². The van der Waals surface area contributed by atoms with Crippen molar-refractivity contribution in [1.82, 2.24) is 4.90 Å². The first-order chi connectivity index (χ1) is 8.63. The Labute approximate surface area is 107 Å². The van der Waals surface area contributed by atoms with E-state index in [4.69, 9.17) is 4.74 Å². The molecular formula is C13H18N2O3. The molecule has 98 valence electrons. The number of benzene rings is 1. The maximum Gasteiger partial charge on any atom is 0.324 e. The molecule has 1 heterocycles. The molecule has 0 aromatic heterocycles. The van der Waals surface area contributed by atoms with Crippen molar-refractivity contribution in [3.05, 3.63) is 29.8 Å². The molecule has 1 atom stereocenters. The smallest absolute Gasteiger partial charge is 0.324 e. The Morgan fingerprint density at radius 2 is 2.17 bits per heavy atom. The predicted molar refractivity (Wildman–Crippen MR) is 68.5 cm³/mol. The fourth-order valence-corrected chi connectivity index (χ4v) is 2.17. The molecule has 1 aliphatic rings. The molecule has 0 radical (unpaired) electrons. The number of urea groups is 1. The van der Waals surface area contributed by atoms with Crippen LogP contribution in [-0.4, -0.2) is 49.5 Å². The lowest BCUT2D eigenvalue weighted by Crippen LogP contribution is -2.48. The lowest BCUT2D eigenvalue weighted by molar-refractivity contribution is 0.0686. The first-order valence-corrected chi connectivity index (χ1v) is 5.91. The number of aliphatic hydroxyl groups excluding tert-OH is 1. The third kappa shape index (κ3) is 2.47. The van der Waals surface area contributed by atoms with Crippen molar-refractivity contribution < 1.29 is 14.6 Å². The molecule has 5 nitrogen and oxygen atoms in total. The summed E-state index contributed by atoms with van der Waals surface area (Å²) in [5.41, 5.74) is 1.96. The van der Waals surface area contributed by atoms with E-state index in [9.17, 15) is 9.90 Å². The third-order valence-electron chi connectivity index (χ3n) is 3.00. The van der Waals surface area contributed by atoms with Gasteiger partial charge in [-0.2, -0.15) is 0 Å². The van der Waals surface area contributed by atoms with Crippen LogP contribution in [0.2, 0.25) is 0 Å². The second-order valence-corrected chi connectivity index (χ2v) is 4.49. The highest BCUT2D eigenvalue weighted by Gasteiger charge is 2.28. The number of methoxy groups -OCH3 is 1. The molecule has 2 amide bonds. The molecule has 0 spiro atoms. The van der Waals surface area contributed by atoms with E-state index in [1.807, 2.05) is 24.3 Å². The highest BCUT2D eigenvalue weighted by Crippen LogP contribution is 2.27. The van der Waals surface area contributed by atoms with Crippen molar-refractivity contribution in [3.8, 4) is 0 Å². The highest BCUT2D eigenvalue weighted by atomic mass is 16.5. The van der Waals surface area contributed by atoms with Gasteiger partial charge in [0.25, 0.3) is 0 Å². The van der Waals surface area contributed by atoms with Gasteiger partial charge in [0.05, 0.1) is 24.9 Å². The zero-order valence-corrected chi connectivity index (χ0v) is 10.7. The average molecular weight is 250 g/mol. The number of para-hydroxylation sites is 1. The summed E-state index contributed by atoms with van der Waals surface area (Å²) in [5, 5.41) is 9.79. The van der Waals surface area contributed by atoms with Crippen molar-refractivity contribution in [1.29, 1.82) is 0 Å². The molecule has 18 heavy (non-hydrogen) atoms. The number of amides is 2. The Morgan fingerprint density at radius 1 is 1.44 bits per heavy atom. The molecule has 1 unspecified atom stereocenters. The standard InChI is InChI=1S/C13H18N2O3/c1-14-7-10-5-3-4-6-12(10)15(13(14)17)8-11(16)9-18-2/h3-6,11,16H,7-9H2,1-2H3. The quantitative estimate of drug-likeness (QED) is 0.869. The highest BCUT2D eigenvalue weighted by molar-refractivity contribution is 5.94. The molecule has 0 saturated carbocycles. The Hall–Kier alpha value is -1.59. The molecule has 1 N–H and O–H groups in total. The number of hydrogen-bond donors (Lipinski definition) is 1. The van der Waals surface area contributed by atoms with E-state index >= 15 is 0 Å². The van der Waals surface area contributed by atoms with Crippen LogP contribution in [0.25, 0.3) is 0 Å². The van der Waals surface area contributed by atoms with Crippen LogP contribution in [0.5, 0.6) is 0 Å². The van der Waals surface area contributed by atoms with Crippen molar-refractivity contribution in [3.63, 3.8) is 0 Å². The van der Waals surface area contributed by atoms with Gasteiger partial charge < -0.3 is 14.7 Å². The van der Waals surface area contributed by atoms with Crippen LogP contribution >= 0.6 is 0 Å². The van der Waals surface area contributed by atoms with Gasteiger partial charge in [0.15, 0.2) is 0 Å². The Morgan fingerprint density at radius 3 is 2.89 bits per heavy atom. The minimum Gasteiger partial charge on any atom is -0.389 e. The molecule has 0 aliphatic carbocycles. The van der Waals surface area contributed by atoms with Gasteiger partial charge in [0, 0.05) is 20.7 Å². The zero-order valence-electron chi connectivity index (χ0n) is 10.7. The van der Waals surface area contributed by atoms with Crippen molar-refractivity contribution in [2.24, 2.45) is 0 Å². The summed E-state index contributed by atoms with van der Waals surface area (Å²) in [6.07, 6.45) is -0.682. The van der Waals surface area contributed by atoms with Crippen LogP contribution < -0.4 is 4.90 Å². The fraction of sp³-hybridized carbons (Fsp3) is 0.462. The van der Waals surface area contributed by atoms with Crippen LogP contribution in [-0.2, 0) is 11.3 Å². The molecule has 2 rings (SSSR count). The minimum absolute atomic E-state index is 0.0937. The average Bonchev–Trinajstić information content (AvgIpc) is 2.35. The van der Waals surface area contributed by atoms with Crippen molar-refractivity contribution in [2.75, 3.05) is 32.2 Å². The van der Waals surface area contributed by atoms with Crippen LogP contribution in [0.1, 0.15) is 5.56 Å². The van der Waals surface area contributed by atoms with E-state index in [0.717, 1.165) is 11.3 Å². The number of β-amino-alcohol motifs (C(OH)–C–C–N with tert-alkyl or cyclic N) is 1. The van der Waals surface area contributed by atoms with Crippen molar-refractivity contribution >= 4 is 11.7 Å². The SMILES string of the molecule is COCC(O)CN1C(=O)N(C)Cc2ccccc21. The first kappa shape index (κ1) is 12.9. The summed E-state index contributed by atoms with van der Waals surface area (Å²) in [5.74, 6) is 0. The van der Waals surface area contributed by atoms with Gasteiger partial charge in [0.1, 0.15) is 0 Å². The Balaban J connectivity index is 2.24. The molecule has 1 aromatic carbocycles. The first-order valence-electron chi connectivity index (χ1n) is 5.91. The summed E-state index contributed by atoms with van der Waals surface area (Å²) in [4.78, 5) is 15.4. The molecule has 5 heteroatoms. The lowest BCUT2D eigenvalue weighted by Gasteiger charge is -2.36. The largest absolute Gasteiger partial charge is 0.389 e. The molecule has 1 aliphatic heterocycles. The van der Waals surface area contributed by atoms with Gasteiger partial charge in [-0.3, -0.25) is 4.90 Å². The van der Waals surface area contributed by atoms with Gasteiger partial charge in [-0.05, 0) is 11.6 Å². The number of carbonyl (C=O) groups excluding carboxylic acids is 1. The lowest BCUT2D eigenvalue weighted by atomic mass is 10.1. The number of anilines is 1. The van der Waals surface area contributed by atoms with Crippen LogP contribution in [0.3, 0.4) is 0 Å². The molecular weight excluding hydrogens is 232 g/mol. The maximum atomic E-state index is 12.1. The number of ether oxygens (including phenoxy) is 1. The maximum absolute atomic E-state index is 12.1. The number of rotatable bonds is 4. The number of carbonyl (C=O) groups is 1. The minimum atomic E-state index is -0.682. The predicted octanol–water partition coefficient (Wildman–Crippen LogP) is 1.07. The van der Waals surface area contributed by atoms with E-state index in [1.54, 1.807) is 16.8 Å². The van der Waals surface area contributed by atoms with E-state index < -0.39 is 6.10 Å². The van der Waals surface area contributed by atoms with Gasteiger partial charge >= 0.3 is 6.03 Å². The number of aliphatic hydroxyl groups is 1. The van der Waals surface area contributed by atoms with Gasteiger partial charge in [-0.1, -0.05) is 18.2 Å². The van der Waals surface area contributed by atoms with Crippen molar-refractivity contribution in [2.45, 2.75) is 12.6 Å². The summed E-state index contributed by atoms with van der Waals surface area (Å²) in [7, 11) is 3.29. The number of hydrogen-bond acceptors (Lipinski definition) is 3. The molecule has 0 saturated heterocycles. The molecule has 0 fully saturated rings. The molecule has 0 bridgehead atoms. The van der Waals surface area contributed by atoms with Gasteiger partial charge in [-0.25, -0.2) is 4.79 Å². The zero-order chi connectivity index (χ0) is 13.1. The second kappa shape index (κ2) is 5.37. The third-order valence-corrected chi connectivity index (χ3v) is 3.00. The molecule has 1 aromatic rings. The van der Waals surface area contributed by atoms with E-state index in [0.29, 0.717) is 6.54 Å². The summed E-state index contributed by atoms with van der Waals surface area (Å²) < 4.78 is 4.89. The topological polar surface area (TPSA) is 53.0 Å². The normalized spacial score (nSPS) is 16.7. The van der Waals surface area contributed by atoms with Gasteiger partial charge in [0.2, 0.25) is 0 Å². The number of fused-ring (bicyclic) bond motifs is 1. The second-order valence-electron chi connectivity index (χ2n) is 4.49. The van der Waals surface area contributed by atoms with E-state index in [-0.39, 0.29) is 19.2 Å². The Bertz CT molecular complexity index is 436. The summed E-state index contributed by atoms with van der Waals surface area (Å²) in [6, 6.07) is 7.65. The monoisotopic (exact) mass is 250 g/mol. The summed E-state index contributed by atoms with van der Waals surface area (Å²) in [6.45, 7) is 1.07. The van der Waals surface area contributed by atoms with Crippen LogP contribution in [0, 0.1) is 0 Å². The van der Waals surface area contributed by atoms with Crippen LogP contribution in [0.15, 0.2) is 24.3 Å². The fourth-order valence-electron chi connectivity index (χ4n) is 2.17. The van der Waals surface area contributed by atoms with Crippen LogP contribution in [0.4, 0.5) is 10.5 Å². The summed E-state index contributed by atoms with van der Waals surface area (Å²) >= 11 is 0. The Kier molecular flexibility index (Phi) is 3.84.